The number of hydrogen-bond donors (Lipinski definition) is 2. The Morgan fingerprint density at radius 1 is 1.07 bits per heavy atom. The number of methoxy groups -OCH3 is 1. The molecule has 1 aromatic heterocycles. The first kappa shape index (κ1) is 19.7. The zero-order chi connectivity index (χ0) is 20.1. The van der Waals surface area contributed by atoms with Crippen molar-refractivity contribution in [2.24, 2.45) is 0 Å². The molecule has 0 atom stereocenters. The highest BCUT2D eigenvalue weighted by Crippen LogP contribution is 2.19. The van der Waals surface area contributed by atoms with Gasteiger partial charge in [0.25, 0.3) is 5.56 Å². The van der Waals surface area contributed by atoms with E-state index in [4.69, 9.17) is 4.74 Å². The van der Waals surface area contributed by atoms with Crippen molar-refractivity contribution in [3.63, 3.8) is 0 Å². The monoisotopic (exact) mass is 378 g/mol. The minimum absolute atomic E-state index is 0.0481. The molecule has 0 aliphatic rings. The number of H-pyrrole nitrogens is 1. The maximum atomic E-state index is 12.4. The molecule has 28 heavy (non-hydrogen) atoms. The van der Waals surface area contributed by atoms with Crippen molar-refractivity contribution in [1.82, 2.24) is 10.3 Å². The number of hydrogen-bond acceptors (Lipinski definition) is 3. The minimum atomic E-state index is -0.118. The fourth-order valence-electron chi connectivity index (χ4n) is 3.23. The molecule has 0 radical (unpaired) electrons. The van der Waals surface area contributed by atoms with Crippen LogP contribution in [0.15, 0.2) is 47.3 Å². The summed E-state index contributed by atoms with van der Waals surface area (Å²) < 4.78 is 5.14. The lowest BCUT2D eigenvalue weighted by Crippen LogP contribution is -2.26. The van der Waals surface area contributed by atoms with Gasteiger partial charge in [-0.3, -0.25) is 9.59 Å². The molecule has 0 saturated heterocycles. The van der Waals surface area contributed by atoms with Crippen LogP contribution in [0.5, 0.6) is 5.75 Å². The molecule has 0 aliphatic heterocycles. The summed E-state index contributed by atoms with van der Waals surface area (Å²) in [5.74, 6) is 0.770. The zero-order valence-electron chi connectivity index (χ0n) is 16.6. The summed E-state index contributed by atoms with van der Waals surface area (Å²) in [6.45, 7) is 4.60. The Bertz CT molecular complexity index is 1040. The number of aromatic nitrogens is 1. The standard InChI is InChI=1S/C23H26N2O3/c1-15-4-7-18-14-19(23(27)25-22(18)16(15)2)8-11-21(26)24-13-12-17-5-9-20(28-3)10-6-17/h4-7,9-10,14H,8,11-13H2,1-3H3,(H,24,26)(H,25,27). The summed E-state index contributed by atoms with van der Waals surface area (Å²) in [5.41, 5.74) is 4.76. The number of nitrogens with one attached hydrogen (secondary N) is 2. The largest absolute Gasteiger partial charge is 0.497 e. The lowest BCUT2D eigenvalue weighted by atomic mass is 10.0. The number of aromatic amines is 1. The highest BCUT2D eigenvalue weighted by Gasteiger charge is 2.09. The number of aryl methyl sites for hydroxylation is 3. The first-order chi connectivity index (χ1) is 13.5. The molecule has 0 fully saturated rings. The van der Waals surface area contributed by atoms with Crippen molar-refractivity contribution >= 4 is 16.8 Å². The van der Waals surface area contributed by atoms with E-state index in [9.17, 15) is 9.59 Å². The van der Waals surface area contributed by atoms with Gasteiger partial charge in [-0.2, -0.15) is 0 Å². The van der Waals surface area contributed by atoms with Gasteiger partial charge in [-0.1, -0.05) is 24.3 Å². The van der Waals surface area contributed by atoms with Crippen LogP contribution in [0, 0.1) is 13.8 Å². The Balaban J connectivity index is 1.54. The summed E-state index contributed by atoms with van der Waals surface area (Å²) >= 11 is 0. The van der Waals surface area contributed by atoms with Crippen LogP contribution in [0.2, 0.25) is 0 Å². The molecule has 5 nitrogen and oxygen atoms in total. The Labute approximate surface area is 164 Å². The second-order valence-corrected chi connectivity index (χ2v) is 7.04. The number of carbonyl (C=O) groups is 1. The zero-order valence-corrected chi connectivity index (χ0v) is 16.6. The highest BCUT2D eigenvalue weighted by molar-refractivity contribution is 5.83. The van der Waals surface area contributed by atoms with E-state index in [1.165, 1.54) is 0 Å². The molecule has 0 saturated carbocycles. The van der Waals surface area contributed by atoms with Gasteiger partial charge < -0.3 is 15.0 Å². The lowest BCUT2D eigenvalue weighted by molar-refractivity contribution is -0.121. The molecule has 146 valence electrons. The van der Waals surface area contributed by atoms with Gasteiger partial charge in [0, 0.05) is 18.5 Å². The molecule has 0 aliphatic carbocycles. The van der Waals surface area contributed by atoms with E-state index in [0.717, 1.165) is 39.8 Å². The Hall–Kier alpha value is -3.08. The molecule has 2 aromatic carbocycles. The molecular weight excluding hydrogens is 352 g/mol. The van der Waals surface area contributed by atoms with Gasteiger partial charge in [-0.15, -0.1) is 0 Å². The predicted molar refractivity (Wildman–Crippen MR) is 112 cm³/mol. The van der Waals surface area contributed by atoms with Crippen molar-refractivity contribution in [3.05, 3.63) is 75.1 Å². The van der Waals surface area contributed by atoms with Crippen LogP contribution in [0.25, 0.3) is 10.9 Å². The molecule has 0 unspecified atom stereocenters. The first-order valence-corrected chi connectivity index (χ1v) is 9.49. The van der Waals surface area contributed by atoms with Gasteiger partial charge in [-0.05, 0) is 67.0 Å². The lowest BCUT2D eigenvalue weighted by Gasteiger charge is -2.08. The van der Waals surface area contributed by atoms with Crippen LogP contribution in [0.3, 0.4) is 0 Å². The van der Waals surface area contributed by atoms with Crippen LogP contribution in [-0.2, 0) is 17.6 Å². The molecule has 1 heterocycles. The van der Waals surface area contributed by atoms with Gasteiger partial charge >= 0.3 is 0 Å². The molecule has 3 aromatic rings. The third kappa shape index (κ3) is 4.60. The average molecular weight is 378 g/mol. The maximum absolute atomic E-state index is 12.4. The van der Waals surface area contributed by atoms with Crippen molar-refractivity contribution in [1.29, 1.82) is 0 Å². The summed E-state index contributed by atoms with van der Waals surface area (Å²) in [5, 5.41) is 3.92. The van der Waals surface area contributed by atoms with Crippen LogP contribution < -0.4 is 15.6 Å². The van der Waals surface area contributed by atoms with E-state index >= 15 is 0 Å². The fourth-order valence-corrected chi connectivity index (χ4v) is 3.23. The summed E-state index contributed by atoms with van der Waals surface area (Å²) in [6, 6.07) is 13.7. The highest BCUT2D eigenvalue weighted by atomic mass is 16.5. The number of carbonyl (C=O) groups excluding carboxylic acids is 1. The van der Waals surface area contributed by atoms with Gasteiger partial charge in [0.15, 0.2) is 0 Å². The SMILES string of the molecule is COc1ccc(CCNC(=O)CCc2cc3ccc(C)c(C)c3[nH]c2=O)cc1. The number of fused-ring (bicyclic) bond motifs is 1. The molecule has 2 N–H and O–H groups in total. The van der Waals surface area contributed by atoms with Crippen molar-refractivity contribution in [3.8, 4) is 5.75 Å². The van der Waals surface area contributed by atoms with Crippen LogP contribution in [0.1, 0.15) is 28.7 Å². The predicted octanol–water partition coefficient (Wildman–Crippen LogP) is 3.45. The van der Waals surface area contributed by atoms with Crippen molar-refractivity contribution in [2.45, 2.75) is 33.1 Å². The second kappa shape index (κ2) is 8.74. The van der Waals surface area contributed by atoms with Crippen molar-refractivity contribution in [2.75, 3.05) is 13.7 Å². The number of rotatable bonds is 7. The van der Waals surface area contributed by atoms with E-state index < -0.39 is 0 Å². The van der Waals surface area contributed by atoms with Gasteiger partial charge in [-0.25, -0.2) is 0 Å². The quantitative estimate of drug-likeness (QED) is 0.662. The normalized spacial score (nSPS) is 10.8. The van der Waals surface area contributed by atoms with Crippen LogP contribution in [0.4, 0.5) is 0 Å². The number of pyridine rings is 1. The number of benzene rings is 2. The van der Waals surface area contributed by atoms with E-state index in [1.807, 2.05) is 56.3 Å². The van der Waals surface area contributed by atoms with Gasteiger partial charge in [0.05, 0.1) is 12.6 Å². The first-order valence-electron chi connectivity index (χ1n) is 9.49. The smallest absolute Gasteiger partial charge is 0.251 e. The van der Waals surface area contributed by atoms with Gasteiger partial charge in [0.1, 0.15) is 5.75 Å². The molecule has 5 heteroatoms. The third-order valence-corrected chi connectivity index (χ3v) is 5.14. The summed E-state index contributed by atoms with van der Waals surface area (Å²) in [7, 11) is 1.64. The topological polar surface area (TPSA) is 71.2 Å². The van der Waals surface area contributed by atoms with E-state index in [1.54, 1.807) is 7.11 Å². The Morgan fingerprint density at radius 2 is 1.82 bits per heavy atom. The van der Waals surface area contributed by atoms with Gasteiger partial charge in [0.2, 0.25) is 5.91 Å². The molecule has 3 rings (SSSR count). The Morgan fingerprint density at radius 3 is 2.54 bits per heavy atom. The Kier molecular flexibility index (Phi) is 6.14. The van der Waals surface area contributed by atoms with Crippen LogP contribution in [-0.4, -0.2) is 24.5 Å². The number of amides is 1. The van der Waals surface area contributed by atoms with Crippen LogP contribution >= 0.6 is 0 Å². The van der Waals surface area contributed by atoms with E-state index in [-0.39, 0.29) is 11.5 Å². The molecule has 0 bridgehead atoms. The van der Waals surface area contributed by atoms with Crippen molar-refractivity contribution < 1.29 is 9.53 Å². The minimum Gasteiger partial charge on any atom is -0.497 e. The fraction of sp³-hybridized carbons (Fsp3) is 0.304. The summed E-state index contributed by atoms with van der Waals surface area (Å²) in [6.07, 6.45) is 1.47. The summed E-state index contributed by atoms with van der Waals surface area (Å²) in [4.78, 5) is 27.5. The second-order valence-electron chi connectivity index (χ2n) is 7.04. The van der Waals surface area contributed by atoms with E-state index in [0.29, 0.717) is 24.9 Å². The average Bonchev–Trinajstić information content (AvgIpc) is 2.70. The van der Waals surface area contributed by atoms with E-state index in [2.05, 4.69) is 10.3 Å². The molecular formula is C23H26N2O3. The maximum Gasteiger partial charge on any atom is 0.251 e. The molecule has 0 spiro atoms. The number of ether oxygens (including phenoxy) is 1. The third-order valence-electron chi connectivity index (χ3n) is 5.14. The molecule has 1 amide bonds.